The fourth-order valence-electron chi connectivity index (χ4n) is 3.33. The molecule has 0 saturated heterocycles. The lowest BCUT2D eigenvalue weighted by Crippen LogP contribution is -2.39. The molecule has 3 rings (SSSR count). The number of rotatable bonds is 9. The van der Waals surface area contributed by atoms with Crippen LogP contribution < -0.4 is 9.46 Å². The molecule has 8 heteroatoms. The molecule has 0 aliphatic heterocycles. The van der Waals surface area contributed by atoms with Crippen LogP contribution in [0.2, 0.25) is 0 Å². The van der Waals surface area contributed by atoms with E-state index in [1.54, 1.807) is 12.0 Å². The van der Waals surface area contributed by atoms with E-state index in [2.05, 4.69) is 4.72 Å². The lowest BCUT2D eigenvalue weighted by molar-refractivity contribution is 0.0636. The number of carbonyl (C=O) groups excluding carboxylic acids is 1. The van der Waals surface area contributed by atoms with Crippen molar-refractivity contribution in [1.82, 2.24) is 9.62 Å². The molecule has 0 bridgehead atoms. The van der Waals surface area contributed by atoms with Gasteiger partial charge in [0.1, 0.15) is 5.75 Å². The predicted molar refractivity (Wildman–Crippen MR) is 117 cm³/mol. The summed E-state index contributed by atoms with van der Waals surface area (Å²) in [5, 5.41) is -0.296. The van der Waals surface area contributed by atoms with E-state index < -0.39 is 10.0 Å². The Morgan fingerprint density at radius 1 is 1.06 bits per heavy atom. The van der Waals surface area contributed by atoms with Gasteiger partial charge in [0.2, 0.25) is 5.09 Å². The second-order valence-corrected chi connectivity index (χ2v) is 8.93. The molecule has 0 spiro atoms. The van der Waals surface area contributed by atoms with Crippen molar-refractivity contribution in [2.24, 2.45) is 0 Å². The average molecular weight is 443 g/mol. The number of hydrogen-bond acceptors (Lipinski definition) is 5. The molecular weight excluding hydrogens is 416 g/mol. The van der Waals surface area contributed by atoms with E-state index in [0.717, 1.165) is 16.9 Å². The molecule has 0 fully saturated rings. The first-order valence-corrected chi connectivity index (χ1v) is 11.3. The van der Waals surface area contributed by atoms with Crippen molar-refractivity contribution in [3.05, 3.63) is 83.6 Å². The Hall–Kier alpha value is -3.10. The van der Waals surface area contributed by atoms with E-state index in [1.165, 1.54) is 19.2 Å². The third-order valence-electron chi connectivity index (χ3n) is 5.02. The van der Waals surface area contributed by atoms with Crippen molar-refractivity contribution in [3.63, 3.8) is 0 Å². The molecule has 0 aliphatic carbocycles. The van der Waals surface area contributed by atoms with Gasteiger partial charge in [-0.1, -0.05) is 48.5 Å². The van der Waals surface area contributed by atoms with Gasteiger partial charge >= 0.3 is 0 Å². The fourth-order valence-corrected chi connectivity index (χ4v) is 3.98. The van der Waals surface area contributed by atoms with E-state index in [9.17, 15) is 13.2 Å². The van der Waals surface area contributed by atoms with Crippen molar-refractivity contribution in [3.8, 4) is 5.75 Å². The monoisotopic (exact) mass is 442 g/mol. The summed E-state index contributed by atoms with van der Waals surface area (Å²) in [6.45, 7) is 2.30. The molecule has 0 radical (unpaired) electrons. The number of nitrogens with one attached hydrogen (secondary N) is 1. The summed E-state index contributed by atoms with van der Waals surface area (Å²) >= 11 is 0. The maximum absolute atomic E-state index is 13.3. The summed E-state index contributed by atoms with van der Waals surface area (Å²) in [6.07, 6.45) is 0.560. The molecule has 1 amide bonds. The van der Waals surface area contributed by atoms with Gasteiger partial charge in [-0.15, -0.1) is 0 Å². The molecule has 31 heavy (non-hydrogen) atoms. The Morgan fingerprint density at radius 2 is 1.74 bits per heavy atom. The van der Waals surface area contributed by atoms with Crippen LogP contribution in [-0.2, 0) is 23.0 Å². The highest BCUT2D eigenvalue weighted by molar-refractivity contribution is 7.89. The van der Waals surface area contributed by atoms with E-state index in [4.69, 9.17) is 9.15 Å². The van der Waals surface area contributed by atoms with Crippen LogP contribution in [0.3, 0.4) is 0 Å². The number of methoxy groups -OCH3 is 1. The van der Waals surface area contributed by atoms with Crippen LogP contribution in [0.5, 0.6) is 5.75 Å². The van der Waals surface area contributed by atoms with Crippen LogP contribution in [0.25, 0.3) is 0 Å². The van der Waals surface area contributed by atoms with Crippen molar-refractivity contribution in [1.29, 1.82) is 0 Å². The Labute approximate surface area is 182 Å². The van der Waals surface area contributed by atoms with Gasteiger partial charge in [0.25, 0.3) is 15.9 Å². The fraction of sp³-hybridized carbons (Fsp3) is 0.261. The van der Waals surface area contributed by atoms with Crippen molar-refractivity contribution < 1.29 is 22.4 Å². The zero-order valence-electron chi connectivity index (χ0n) is 17.7. The van der Waals surface area contributed by atoms with Gasteiger partial charge in [-0.05, 0) is 49.7 Å². The standard InChI is InChI=1S/C23H26N2O5S/c1-17(15-19-11-7-8-12-20(19)29-3)25(16-18-9-5-4-6-10-18)23(26)21-13-14-22(30-21)31(27,28)24-2/h4-14,17,24H,15-16H2,1-3H3. The summed E-state index contributed by atoms with van der Waals surface area (Å²) in [5.41, 5.74) is 1.93. The van der Waals surface area contributed by atoms with E-state index in [-0.39, 0.29) is 22.8 Å². The number of sulfonamides is 1. The highest BCUT2D eigenvalue weighted by Crippen LogP contribution is 2.24. The van der Waals surface area contributed by atoms with Crippen LogP contribution in [0, 0.1) is 0 Å². The first kappa shape index (κ1) is 22.6. The van der Waals surface area contributed by atoms with Gasteiger partial charge in [-0.2, -0.15) is 0 Å². The molecule has 1 heterocycles. The van der Waals surface area contributed by atoms with Crippen LogP contribution in [0.4, 0.5) is 0 Å². The number of amides is 1. The van der Waals surface area contributed by atoms with Crippen LogP contribution in [0.15, 0.2) is 76.2 Å². The van der Waals surface area contributed by atoms with E-state index in [0.29, 0.717) is 13.0 Å². The van der Waals surface area contributed by atoms with Gasteiger partial charge in [0.05, 0.1) is 7.11 Å². The molecule has 1 atom stereocenters. The molecule has 1 aromatic heterocycles. The zero-order chi connectivity index (χ0) is 22.4. The molecule has 1 unspecified atom stereocenters. The molecule has 2 aromatic carbocycles. The minimum absolute atomic E-state index is 0.0309. The largest absolute Gasteiger partial charge is 0.496 e. The first-order chi connectivity index (χ1) is 14.9. The molecule has 7 nitrogen and oxygen atoms in total. The van der Waals surface area contributed by atoms with Crippen molar-refractivity contribution >= 4 is 15.9 Å². The van der Waals surface area contributed by atoms with Crippen molar-refractivity contribution in [2.45, 2.75) is 31.0 Å². The molecule has 0 saturated carbocycles. The maximum atomic E-state index is 13.3. The molecule has 0 aliphatic rings. The van der Waals surface area contributed by atoms with Gasteiger partial charge < -0.3 is 14.1 Å². The van der Waals surface area contributed by atoms with Crippen molar-refractivity contribution in [2.75, 3.05) is 14.2 Å². The lowest BCUT2D eigenvalue weighted by atomic mass is 10.0. The van der Waals surface area contributed by atoms with Crippen LogP contribution in [-0.4, -0.2) is 39.4 Å². The Morgan fingerprint density at radius 3 is 2.42 bits per heavy atom. The van der Waals surface area contributed by atoms with Crippen LogP contribution >= 0.6 is 0 Å². The number of furan rings is 1. The molecule has 1 N–H and O–H groups in total. The third kappa shape index (κ3) is 5.34. The highest BCUT2D eigenvalue weighted by atomic mass is 32.2. The van der Waals surface area contributed by atoms with Gasteiger partial charge in [0, 0.05) is 12.6 Å². The molecule has 164 valence electrons. The summed E-state index contributed by atoms with van der Waals surface area (Å²) in [7, 11) is -0.875. The highest BCUT2D eigenvalue weighted by Gasteiger charge is 2.27. The molecular formula is C23H26N2O5S. The Kier molecular flexibility index (Phi) is 7.14. The second kappa shape index (κ2) is 9.80. The second-order valence-electron chi connectivity index (χ2n) is 7.11. The topological polar surface area (TPSA) is 88.9 Å². The molecule has 3 aromatic rings. The van der Waals surface area contributed by atoms with Gasteiger partial charge in [0.15, 0.2) is 5.76 Å². The predicted octanol–water partition coefficient (Wildman–Crippen LogP) is 3.47. The van der Waals surface area contributed by atoms with E-state index >= 15 is 0 Å². The quantitative estimate of drug-likeness (QED) is 0.548. The number of nitrogens with zero attached hydrogens (tertiary/aromatic N) is 1. The minimum Gasteiger partial charge on any atom is -0.496 e. The number of ether oxygens (including phenoxy) is 1. The smallest absolute Gasteiger partial charge is 0.290 e. The number of para-hydroxylation sites is 1. The number of hydrogen-bond donors (Lipinski definition) is 1. The van der Waals surface area contributed by atoms with Gasteiger partial charge in [-0.25, -0.2) is 13.1 Å². The SMILES string of the molecule is CNS(=O)(=O)c1ccc(C(=O)N(Cc2ccccc2)C(C)Cc2ccccc2OC)o1. The van der Waals surface area contributed by atoms with E-state index in [1.807, 2.05) is 61.5 Å². The Bertz CT molecular complexity index is 1130. The third-order valence-corrected chi connectivity index (χ3v) is 6.31. The maximum Gasteiger partial charge on any atom is 0.290 e. The van der Waals surface area contributed by atoms with Crippen LogP contribution in [0.1, 0.15) is 28.6 Å². The summed E-state index contributed by atoms with van der Waals surface area (Å²) in [4.78, 5) is 15.0. The number of benzene rings is 2. The number of carbonyl (C=O) groups is 1. The summed E-state index contributed by atoms with van der Waals surface area (Å²) in [5.74, 6) is 0.335. The summed E-state index contributed by atoms with van der Waals surface area (Å²) in [6, 6.07) is 19.7. The Balaban J connectivity index is 1.91. The van der Waals surface area contributed by atoms with Gasteiger partial charge in [-0.3, -0.25) is 4.79 Å². The summed E-state index contributed by atoms with van der Waals surface area (Å²) < 4.78 is 37.0. The first-order valence-electron chi connectivity index (χ1n) is 9.86. The normalized spacial score (nSPS) is 12.4. The zero-order valence-corrected chi connectivity index (χ0v) is 18.6. The minimum atomic E-state index is -3.78. The lowest BCUT2D eigenvalue weighted by Gasteiger charge is -2.29. The average Bonchev–Trinajstić information content (AvgIpc) is 3.29.